The van der Waals surface area contributed by atoms with E-state index in [1.54, 1.807) is 24.1 Å². The van der Waals surface area contributed by atoms with Crippen LogP contribution in [-0.2, 0) is 5.41 Å². The number of benzene rings is 2. The van der Waals surface area contributed by atoms with Crippen molar-refractivity contribution in [3.8, 4) is 17.2 Å². The molecule has 0 unspecified atom stereocenters. The Kier molecular flexibility index (Phi) is 4.75. The predicted molar refractivity (Wildman–Crippen MR) is 119 cm³/mol. The summed E-state index contributed by atoms with van der Waals surface area (Å²) in [6.07, 6.45) is 4.29. The molecule has 2 aromatic carbocycles. The first kappa shape index (κ1) is 20.6. The van der Waals surface area contributed by atoms with E-state index in [0.29, 0.717) is 48.0 Å². The smallest absolute Gasteiger partial charge is 0.256 e. The number of nitrogens with zero attached hydrogens (tertiary/aromatic N) is 3. The highest BCUT2D eigenvalue weighted by molar-refractivity contribution is 6.08. The van der Waals surface area contributed by atoms with Gasteiger partial charge < -0.3 is 10.0 Å². The summed E-state index contributed by atoms with van der Waals surface area (Å²) in [7, 11) is 0. The summed E-state index contributed by atoms with van der Waals surface area (Å²) < 4.78 is 14.2. The number of halogens is 1. The van der Waals surface area contributed by atoms with Gasteiger partial charge in [0, 0.05) is 30.2 Å². The fourth-order valence-electron chi connectivity index (χ4n) is 4.55. The number of likely N-dealkylation sites (tertiary alicyclic amines) is 1. The van der Waals surface area contributed by atoms with E-state index in [-0.39, 0.29) is 5.91 Å². The molecule has 32 heavy (non-hydrogen) atoms. The second kappa shape index (κ2) is 7.39. The molecule has 1 N–H and O–H groups in total. The molecule has 1 saturated heterocycles. The number of hydrogen-bond acceptors (Lipinski definition) is 4. The van der Waals surface area contributed by atoms with Gasteiger partial charge in [0.1, 0.15) is 5.82 Å². The zero-order chi connectivity index (χ0) is 22.5. The molecular formula is C26H24FN3O2. The summed E-state index contributed by atoms with van der Waals surface area (Å²) in [6.45, 7) is 2.70. The standard InChI is InChI=1S/C26H24FN3O2/c1-25(32)10-12-30(13-11-25)24(31)21-15-29-22-7-6-19(27)14-20(22)23(21)17-2-4-18(5-3-17)26(16-28)8-9-26/h2-7,14-15,32H,8-13H2,1H3. The lowest BCUT2D eigenvalue weighted by molar-refractivity contribution is -0.00200. The summed E-state index contributed by atoms with van der Waals surface area (Å²) in [5, 5.41) is 20.3. The number of nitriles is 1. The van der Waals surface area contributed by atoms with Crippen molar-refractivity contribution in [3.05, 3.63) is 65.6 Å². The molecule has 1 aliphatic carbocycles. The largest absolute Gasteiger partial charge is 0.390 e. The number of piperidine rings is 1. The van der Waals surface area contributed by atoms with E-state index >= 15 is 0 Å². The molecule has 1 aromatic heterocycles. The fourth-order valence-corrected chi connectivity index (χ4v) is 4.55. The van der Waals surface area contributed by atoms with E-state index in [1.165, 1.54) is 12.1 Å². The minimum absolute atomic E-state index is 0.172. The van der Waals surface area contributed by atoms with Crippen molar-refractivity contribution >= 4 is 16.8 Å². The van der Waals surface area contributed by atoms with Gasteiger partial charge in [-0.1, -0.05) is 24.3 Å². The molecule has 5 nitrogen and oxygen atoms in total. The van der Waals surface area contributed by atoms with Gasteiger partial charge in [0.2, 0.25) is 0 Å². The van der Waals surface area contributed by atoms with Crippen LogP contribution in [0.3, 0.4) is 0 Å². The molecule has 0 atom stereocenters. The zero-order valence-electron chi connectivity index (χ0n) is 17.9. The molecule has 2 fully saturated rings. The highest BCUT2D eigenvalue weighted by Crippen LogP contribution is 2.48. The summed E-state index contributed by atoms with van der Waals surface area (Å²) in [5.74, 6) is -0.564. The number of carbonyl (C=O) groups excluding carboxylic acids is 1. The maximum atomic E-state index is 14.2. The van der Waals surface area contributed by atoms with Crippen LogP contribution in [0.1, 0.15) is 48.5 Å². The van der Waals surface area contributed by atoms with Crippen molar-refractivity contribution in [1.29, 1.82) is 5.26 Å². The minimum Gasteiger partial charge on any atom is -0.390 e. The van der Waals surface area contributed by atoms with E-state index in [1.807, 2.05) is 24.3 Å². The van der Waals surface area contributed by atoms with Crippen molar-refractivity contribution in [1.82, 2.24) is 9.88 Å². The third-order valence-corrected chi connectivity index (χ3v) is 6.88. The highest BCUT2D eigenvalue weighted by atomic mass is 19.1. The number of carbonyl (C=O) groups is 1. The van der Waals surface area contributed by atoms with Gasteiger partial charge in [0.05, 0.1) is 28.2 Å². The van der Waals surface area contributed by atoms with Gasteiger partial charge in [-0.25, -0.2) is 4.39 Å². The van der Waals surface area contributed by atoms with Crippen LogP contribution in [0.4, 0.5) is 4.39 Å². The first-order valence-corrected chi connectivity index (χ1v) is 10.9. The lowest BCUT2D eigenvalue weighted by Gasteiger charge is -2.36. The quantitative estimate of drug-likeness (QED) is 0.661. The van der Waals surface area contributed by atoms with Gasteiger partial charge >= 0.3 is 0 Å². The third-order valence-electron chi connectivity index (χ3n) is 6.88. The number of aliphatic hydroxyl groups is 1. The molecule has 2 heterocycles. The third kappa shape index (κ3) is 3.53. The van der Waals surface area contributed by atoms with Gasteiger partial charge in [-0.2, -0.15) is 5.26 Å². The molecule has 5 rings (SSSR count). The van der Waals surface area contributed by atoms with Gasteiger partial charge in [-0.05, 0) is 61.9 Å². The Morgan fingerprint density at radius 2 is 1.81 bits per heavy atom. The molecule has 0 radical (unpaired) electrons. The summed E-state index contributed by atoms with van der Waals surface area (Å²) >= 11 is 0. The summed E-state index contributed by atoms with van der Waals surface area (Å²) in [5.41, 5.74) is 2.27. The fraction of sp³-hybridized carbons (Fsp3) is 0.346. The van der Waals surface area contributed by atoms with Crippen LogP contribution in [0.15, 0.2) is 48.7 Å². The van der Waals surface area contributed by atoms with Crippen molar-refractivity contribution < 1.29 is 14.3 Å². The van der Waals surface area contributed by atoms with E-state index in [0.717, 1.165) is 24.0 Å². The summed E-state index contributed by atoms with van der Waals surface area (Å²) in [6, 6.07) is 14.5. The van der Waals surface area contributed by atoms with Crippen LogP contribution >= 0.6 is 0 Å². The lowest BCUT2D eigenvalue weighted by Crippen LogP contribution is -2.45. The average molecular weight is 429 g/mol. The maximum Gasteiger partial charge on any atom is 0.256 e. The number of pyridine rings is 1. The van der Waals surface area contributed by atoms with Crippen LogP contribution in [-0.4, -0.2) is 39.6 Å². The Morgan fingerprint density at radius 3 is 2.44 bits per heavy atom. The predicted octanol–water partition coefficient (Wildman–Crippen LogP) is 4.58. The zero-order valence-corrected chi connectivity index (χ0v) is 17.9. The molecule has 162 valence electrons. The first-order chi connectivity index (χ1) is 15.3. The number of rotatable bonds is 3. The molecule has 6 heteroatoms. The maximum absolute atomic E-state index is 14.2. The van der Waals surface area contributed by atoms with Crippen molar-refractivity contribution in [3.63, 3.8) is 0 Å². The molecule has 0 spiro atoms. The van der Waals surface area contributed by atoms with E-state index in [4.69, 9.17) is 0 Å². The van der Waals surface area contributed by atoms with Gasteiger partial charge in [0.15, 0.2) is 0 Å². The number of hydrogen-bond donors (Lipinski definition) is 1. The van der Waals surface area contributed by atoms with Gasteiger partial charge in [-0.15, -0.1) is 0 Å². The second-order valence-electron chi connectivity index (χ2n) is 9.27. The highest BCUT2D eigenvalue weighted by Gasteiger charge is 2.44. The minimum atomic E-state index is -0.764. The van der Waals surface area contributed by atoms with Crippen molar-refractivity contribution in [2.24, 2.45) is 0 Å². The molecule has 2 aliphatic rings. The van der Waals surface area contributed by atoms with E-state index < -0.39 is 16.8 Å². The van der Waals surface area contributed by atoms with Gasteiger partial charge in [-0.3, -0.25) is 9.78 Å². The van der Waals surface area contributed by atoms with Crippen molar-refractivity contribution in [2.45, 2.75) is 43.6 Å². The van der Waals surface area contributed by atoms with Gasteiger partial charge in [0.25, 0.3) is 5.91 Å². The summed E-state index contributed by atoms with van der Waals surface area (Å²) in [4.78, 5) is 19.6. The Morgan fingerprint density at radius 1 is 1.12 bits per heavy atom. The number of aromatic nitrogens is 1. The Bertz CT molecular complexity index is 1250. The van der Waals surface area contributed by atoms with Crippen LogP contribution < -0.4 is 0 Å². The second-order valence-corrected chi connectivity index (χ2v) is 9.27. The van der Waals surface area contributed by atoms with Crippen LogP contribution in [0, 0.1) is 17.1 Å². The molecule has 3 aromatic rings. The Hall–Kier alpha value is -3.30. The molecular weight excluding hydrogens is 405 g/mol. The van der Waals surface area contributed by atoms with E-state index in [2.05, 4.69) is 11.1 Å². The Balaban J connectivity index is 1.61. The molecule has 1 saturated carbocycles. The van der Waals surface area contributed by atoms with Crippen LogP contribution in [0.5, 0.6) is 0 Å². The number of fused-ring (bicyclic) bond motifs is 1. The average Bonchev–Trinajstić information content (AvgIpc) is 3.59. The monoisotopic (exact) mass is 429 g/mol. The molecule has 1 amide bonds. The van der Waals surface area contributed by atoms with Crippen LogP contribution in [0.2, 0.25) is 0 Å². The Labute approximate surface area is 186 Å². The number of amides is 1. The topological polar surface area (TPSA) is 77.2 Å². The first-order valence-electron chi connectivity index (χ1n) is 10.9. The lowest BCUT2D eigenvalue weighted by atomic mass is 9.90. The molecule has 1 aliphatic heterocycles. The van der Waals surface area contributed by atoms with Crippen molar-refractivity contribution in [2.75, 3.05) is 13.1 Å². The molecule has 0 bridgehead atoms. The SMILES string of the molecule is CC1(O)CCN(C(=O)c2cnc3ccc(F)cc3c2-c2ccc(C3(C#N)CC3)cc2)CC1. The normalized spacial score (nSPS) is 18.9. The van der Waals surface area contributed by atoms with E-state index in [9.17, 15) is 19.6 Å². The van der Waals surface area contributed by atoms with Crippen LogP contribution in [0.25, 0.3) is 22.0 Å².